The van der Waals surface area contributed by atoms with Crippen LogP contribution in [0.4, 0.5) is 0 Å². The van der Waals surface area contributed by atoms with Gasteiger partial charge in [0.05, 0.1) is 3.79 Å². The van der Waals surface area contributed by atoms with Gasteiger partial charge in [0.1, 0.15) is 0 Å². The third-order valence-corrected chi connectivity index (χ3v) is 3.07. The van der Waals surface area contributed by atoms with E-state index in [-0.39, 0.29) is 0 Å². The van der Waals surface area contributed by atoms with Gasteiger partial charge in [0.15, 0.2) is 0 Å². The number of rotatable bonds is 2. The van der Waals surface area contributed by atoms with Crippen LogP contribution in [0.5, 0.6) is 0 Å². The quantitative estimate of drug-likeness (QED) is 0.807. The van der Waals surface area contributed by atoms with E-state index in [1.807, 2.05) is 7.05 Å². The molecule has 0 aromatic carbocycles. The molecule has 1 nitrogen and oxygen atoms in total. The molecule has 1 N–H and O–H groups in total. The summed E-state index contributed by atoms with van der Waals surface area (Å²) in [6.07, 6.45) is 0. The lowest BCUT2D eigenvalue weighted by atomic mass is 10.3. The first-order valence-electron chi connectivity index (χ1n) is 3.13. The van der Waals surface area contributed by atoms with Gasteiger partial charge in [-0.25, -0.2) is 0 Å². The molecule has 0 aliphatic heterocycles. The standard InChI is InChI=1S/C7H10BrNS/c1-5-3-7(8)10-6(5)4-9-2/h3,9H,4H2,1-2H3. The van der Waals surface area contributed by atoms with E-state index in [0.29, 0.717) is 0 Å². The fourth-order valence-electron chi connectivity index (χ4n) is 0.814. The van der Waals surface area contributed by atoms with Crippen LogP contribution in [-0.4, -0.2) is 7.05 Å². The first-order chi connectivity index (χ1) is 4.74. The fraction of sp³-hybridized carbons (Fsp3) is 0.429. The Labute approximate surface area is 73.6 Å². The van der Waals surface area contributed by atoms with Crippen LogP contribution < -0.4 is 5.32 Å². The molecular formula is C7H10BrNS. The van der Waals surface area contributed by atoms with E-state index in [1.165, 1.54) is 14.2 Å². The Morgan fingerprint density at radius 3 is 2.80 bits per heavy atom. The first-order valence-corrected chi connectivity index (χ1v) is 4.74. The van der Waals surface area contributed by atoms with Crippen molar-refractivity contribution in [2.45, 2.75) is 13.5 Å². The van der Waals surface area contributed by atoms with E-state index >= 15 is 0 Å². The molecule has 1 rings (SSSR count). The van der Waals surface area contributed by atoms with Gasteiger partial charge in [-0.1, -0.05) is 0 Å². The highest BCUT2D eigenvalue weighted by atomic mass is 79.9. The van der Waals surface area contributed by atoms with Gasteiger partial charge in [0.2, 0.25) is 0 Å². The zero-order chi connectivity index (χ0) is 7.56. The molecule has 3 heteroatoms. The van der Waals surface area contributed by atoms with Gasteiger partial charge in [0, 0.05) is 11.4 Å². The molecule has 0 radical (unpaired) electrons. The number of hydrogen-bond acceptors (Lipinski definition) is 2. The lowest BCUT2D eigenvalue weighted by molar-refractivity contribution is 0.827. The maximum atomic E-state index is 3.44. The topological polar surface area (TPSA) is 12.0 Å². The van der Waals surface area contributed by atoms with Crippen LogP contribution in [0.1, 0.15) is 10.4 Å². The van der Waals surface area contributed by atoms with Gasteiger partial charge in [-0.2, -0.15) is 0 Å². The number of thiophene rings is 1. The predicted octanol–water partition coefficient (Wildman–Crippen LogP) is 2.54. The van der Waals surface area contributed by atoms with Crippen molar-refractivity contribution in [3.05, 3.63) is 20.3 Å². The highest BCUT2D eigenvalue weighted by Crippen LogP contribution is 2.26. The first kappa shape index (κ1) is 8.24. The zero-order valence-electron chi connectivity index (χ0n) is 6.07. The van der Waals surface area contributed by atoms with E-state index in [2.05, 4.69) is 34.2 Å². The fourth-order valence-corrected chi connectivity index (χ4v) is 2.65. The predicted molar refractivity (Wildman–Crippen MR) is 49.5 cm³/mol. The highest BCUT2D eigenvalue weighted by molar-refractivity contribution is 9.11. The Kier molecular flexibility index (Phi) is 2.89. The van der Waals surface area contributed by atoms with Crippen LogP contribution >= 0.6 is 27.3 Å². The largest absolute Gasteiger partial charge is 0.315 e. The number of hydrogen-bond donors (Lipinski definition) is 1. The summed E-state index contributed by atoms with van der Waals surface area (Å²) in [6, 6.07) is 2.15. The molecule has 0 amide bonds. The van der Waals surface area contributed by atoms with E-state index < -0.39 is 0 Å². The Morgan fingerprint density at radius 1 is 1.70 bits per heavy atom. The maximum absolute atomic E-state index is 3.44. The van der Waals surface area contributed by atoms with Crippen LogP contribution in [0.2, 0.25) is 0 Å². The molecule has 0 aliphatic rings. The van der Waals surface area contributed by atoms with Crippen LogP contribution in [0.15, 0.2) is 9.85 Å². The summed E-state index contributed by atoms with van der Waals surface area (Å²) in [5.74, 6) is 0. The van der Waals surface area contributed by atoms with Gasteiger partial charge in [-0.3, -0.25) is 0 Å². The van der Waals surface area contributed by atoms with Crippen molar-refractivity contribution in [3.8, 4) is 0 Å². The Bertz CT molecular complexity index is 219. The molecule has 0 saturated carbocycles. The van der Waals surface area contributed by atoms with Crippen LogP contribution in [-0.2, 0) is 6.54 Å². The van der Waals surface area contributed by atoms with E-state index in [0.717, 1.165) is 6.54 Å². The Hall–Kier alpha value is 0.140. The van der Waals surface area contributed by atoms with Crippen molar-refractivity contribution in [3.63, 3.8) is 0 Å². The summed E-state index contributed by atoms with van der Waals surface area (Å²) in [5.41, 5.74) is 1.37. The average molecular weight is 220 g/mol. The smallest absolute Gasteiger partial charge is 0.0704 e. The van der Waals surface area contributed by atoms with Crippen molar-refractivity contribution in [2.75, 3.05) is 7.05 Å². The van der Waals surface area contributed by atoms with E-state index in [9.17, 15) is 0 Å². The minimum Gasteiger partial charge on any atom is -0.315 e. The van der Waals surface area contributed by atoms with Crippen LogP contribution in [0, 0.1) is 6.92 Å². The molecule has 0 saturated heterocycles. The van der Waals surface area contributed by atoms with Crippen LogP contribution in [0.3, 0.4) is 0 Å². The van der Waals surface area contributed by atoms with Gasteiger partial charge >= 0.3 is 0 Å². The molecule has 1 heterocycles. The van der Waals surface area contributed by atoms with Gasteiger partial charge in [0.25, 0.3) is 0 Å². The number of nitrogens with one attached hydrogen (secondary N) is 1. The SMILES string of the molecule is CNCc1sc(Br)cc1C. The van der Waals surface area contributed by atoms with Crippen LogP contribution in [0.25, 0.3) is 0 Å². The summed E-state index contributed by atoms with van der Waals surface area (Å²) in [4.78, 5) is 1.41. The van der Waals surface area contributed by atoms with E-state index in [4.69, 9.17) is 0 Å². The molecule has 0 spiro atoms. The van der Waals surface area contributed by atoms with Crippen molar-refractivity contribution >= 4 is 27.3 Å². The molecule has 1 aromatic rings. The lowest BCUT2D eigenvalue weighted by Crippen LogP contribution is -2.03. The van der Waals surface area contributed by atoms with Crippen molar-refractivity contribution in [2.24, 2.45) is 0 Å². The minimum atomic E-state index is 0.974. The molecule has 56 valence electrons. The average Bonchev–Trinajstić information content (AvgIpc) is 2.13. The lowest BCUT2D eigenvalue weighted by Gasteiger charge is -1.94. The molecule has 0 atom stereocenters. The second-order valence-corrected chi connectivity index (χ2v) is 4.70. The number of aryl methyl sites for hydroxylation is 1. The van der Waals surface area contributed by atoms with E-state index in [1.54, 1.807) is 11.3 Å². The molecule has 10 heavy (non-hydrogen) atoms. The highest BCUT2D eigenvalue weighted by Gasteiger charge is 2.00. The molecule has 0 bridgehead atoms. The zero-order valence-corrected chi connectivity index (χ0v) is 8.47. The summed E-state index contributed by atoms with van der Waals surface area (Å²) in [6.45, 7) is 3.11. The molecular weight excluding hydrogens is 210 g/mol. The normalized spacial score (nSPS) is 10.3. The molecule has 0 fully saturated rings. The van der Waals surface area contributed by atoms with Gasteiger partial charge < -0.3 is 5.32 Å². The van der Waals surface area contributed by atoms with Crippen molar-refractivity contribution < 1.29 is 0 Å². The number of halogens is 1. The van der Waals surface area contributed by atoms with Crippen molar-refractivity contribution in [1.82, 2.24) is 5.32 Å². The summed E-state index contributed by atoms with van der Waals surface area (Å²) < 4.78 is 1.22. The van der Waals surface area contributed by atoms with Crippen molar-refractivity contribution in [1.29, 1.82) is 0 Å². The summed E-state index contributed by atoms with van der Waals surface area (Å²) >= 11 is 5.24. The Morgan fingerprint density at radius 2 is 2.40 bits per heavy atom. The third-order valence-electron chi connectivity index (χ3n) is 1.33. The molecule has 1 aromatic heterocycles. The Balaban J connectivity index is 2.81. The monoisotopic (exact) mass is 219 g/mol. The second-order valence-electron chi connectivity index (χ2n) is 2.19. The second kappa shape index (κ2) is 3.51. The van der Waals surface area contributed by atoms with Gasteiger partial charge in [-0.05, 0) is 41.5 Å². The maximum Gasteiger partial charge on any atom is 0.0704 e. The summed E-state index contributed by atoms with van der Waals surface area (Å²) in [5, 5.41) is 3.13. The minimum absolute atomic E-state index is 0.974. The van der Waals surface area contributed by atoms with Gasteiger partial charge in [-0.15, -0.1) is 11.3 Å². The molecule has 0 unspecified atom stereocenters. The molecule has 0 aliphatic carbocycles. The summed E-state index contributed by atoms with van der Waals surface area (Å²) in [7, 11) is 1.97. The third kappa shape index (κ3) is 1.81.